The van der Waals surface area contributed by atoms with E-state index in [0.717, 1.165) is 35.1 Å². The van der Waals surface area contributed by atoms with E-state index in [9.17, 15) is 19.5 Å². The van der Waals surface area contributed by atoms with Crippen LogP contribution in [0.4, 0.5) is 10.5 Å². The van der Waals surface area contributed by atoms with Crippen molar-refractivity contribution in [2.75, 3.05) is 11.9 Å². The van der Waals surface area contributed by atoms with Crippen LogP contribution in [0.3, 0.4) is 0 Å². The van der Waals surface area contributed by atoms with E-state index < -0.39 is 5.97 Å². The topological polar surface area (TPSA) is 86.7 Å². The number of hydrogen-bond acceptors (Lipinski definition) is 5. The summed E-state index contributed by atoms with van der Waals surface area (Å²) in [4.78, 5) is 38.6. The van der Waals surface area contributed by atoms with Crippen LogP contribution in [0, 0.1) is 0 Å². The molecule has 0 aromatic heterocycles. The van der Waals surface area contributed by atoms with Gasteiger partial charge in [-0.1, -0.05) is 61.1 Å². The molecular formula is C23H22N2O4S2. The Morgan fingerprint density at radius 2 is 1.74 bits per heavy atom. The van der Waals surface area contributed by atoms with Gasteiger partial charge < -0.3 is 10.4 Å². The van der Waals surface area contributed by atoms with Crippen molar-refractivity contribution in [3.8, 4) is 0 Å². The fraction of sp³-hybridized carbons (Fsp3) is 0.217. The summed E-state index contributed by atoms with van der Waals surface area (Å²) < 4.78 is 0. The minimum absolute atomic E-state index is 0.0637. The average molecular weight is 455 g/mol. The molecule has 6 nitrogen and oxygen atoms in total. The van der Waals surface area contributed by atoms with Crippen molar-refractivity contribution in [3.63, 3.8) is 0 Å². The van der Waals surface area contributed by atoms with E-state index in [0.29, 0.717) is 23.6 Å². The molecule has 3 rings (SSSR count). The SMILES string of the molecule is O=C(CCCCCN1C(=O)S/C(=C/c2ccccc2)C1=S)Nc1ccccc1C(=O)O. The first-order valence-electron chi connectivity index (χ1n) is 9.88. The minimum atomic E-state index is -1.08. The van der Waals surface area contributed by atoms with Gasteiger partial charge in [-0.3, -0.25) is 14.5 Å². The normalized spacial score (nSPS) is 14.8. The lowest BCUT2D eigenvalue weighted by atomic mass is 10.1. The third-order valence-electron chi connectivity index (χ3n) is 4.69. The average Bonchev–Trinajstić information content (AvgIpc) is 3.01. The first-order valence-corrected chi connectivity index (χ1v) is 11.1. The smallest absolute Gasteiger partial charge is 0.337 e. The van der Waals surface area contributed by atoms with Crippen molar-refractivity contribution in [1.82, 2.24) is 4.90 Å². The Morgan fingerprint density at radius 1 is 1.03 bits per heavy atom. The van der Waals surface area contributed by atoms with Gasteiger partial charge in [-0.15, -0.1) is 0 Å². The summed E-state index contributed by atoms with van der Waals surface area (Å²) in [5.41, 5.74) is 1.36. The number of hydrogen-bond donors (Lipinski definition) is 2. The van der Waals surface area contributed by atoms with E-state index in [-0.39, 0.29) is 23.1 Å². The number of carboxylic acids is 1. The van der Waals surface area contributed by atoms with Crippen LogP contribution in [0.1, 0.15) is 41.6 Å². The van der Waals surface area contributed by atoms with Crippen LogP contribution in [0.2, 0.25) is 0 Å². The van der Waals surface area contributed by atoms with Crippen LogP contribution in [-0.4, -0.2) is 38.7 Å². The molecule has 0 atom stereocenters. The molecule has 2 amide bonds. The van der Waals surface area contributed by atoms with Gasteiger partial charge in [-0.25, -0.2) is 4.79 Å². The molecule has 160 valence electrons. The predicted octanol–water partition coefficient (Wildman–Crippen LogP) is 5.42. The highest BCUT2D eigenvalue weighted by Crippen LogP contribution is 2.33. The molecule has 0 aliphatic carbocycles. The third-order valence-corrected chi connectivity index (χ3v) is 6.18. The molecule has 1 aliphatic rings. The fourth-order valence-electron chi connectivity index (χ4n) is 3.12. The van der Waals surface area contributed by atoms with Crippen LogP contribution >= 0.6 is 24.0 Å². The Labute approximate surface area is 190 Å². The molecule has 1 fully saturated rings. The highest BCUT2D eigenvalue weighted by Gasteiger charge is 2.31. The number of nitrogens with one attached hydrogen (secondary N) is 1. The maximum absolute atomic E-state index is 12.3. The molecule has 0 unspecified atom stereocenters. The number of anilines is 1. The van der Waals surface area contributed by atoms with E-state index >= 15 is 0 Å². The quantitative estimate of drug-likeness (QED) is 0.299. The monoisotopic (exact) mass is 454 g/mol. The molecule has 1 aliphatic heterocycles. The van der Waals surface area contributed by atoms with Gasteiger partial charge in [0.05, 0.1) is 16.2 Å². The van der Waals surface area contributed by atoms with Gasteiger partial charge >= 0.3 is 5.97 Å². The number of carbonyl (C=O) groups excluding carboxylic acids is 2. The van der Waals surface area contributed by atoms with E-state index in [1.807, 2.05) is 36.4 Å². The number of unbranched alkanes of at least 4 members (excludes halogenated alkanes) is 2. The van der Waals surface area contributed by atoms with Crippen LogP contribution in [0.5, 0.6) is 0 Å². The second-order valence-electron chi connectivity index (χ2n) is 6.95. The predicted molar refractivity (Wildman–Crippen MR) is 127 cm³/mol. The van der Waals surface area contributed by atoms with Crippen molar-refractivity contribution >= 4 is 57.8 Å². The van der Waals surface area contributed by atoms with Gasteiger partial charge in [0, 0.05) is 13.0 Å². The first-order chi connectivity index (χ1) is 15.0. The van der Waals surface area contributed by atoms with E-state index in [1.165, 1.54) is 6.07 Å². The molecule has 0 bridgehead atoms. The molecule has 1 heterocycles. The number of carbonyl (C=O) groups is 3. The largest absolute Gasteiger partial charge is 0.478 e. The Kier molecular flexibility index (Phi) is 7.97. The summed E-state index contributed by atoms with van der Waals surface area (Å²) in [6, 6.07) is 16.0. The molecule has 8 heteroatoms. The Balaban J connectivity index is 1.42. The van der Waals surface area contributed by atoms with Gasteiger partial charge in [0.2, 0.25) is 5.91 Å². The summed E-state index contributed by atoms with van der Waals surface area (Å²) in [6.45, 7) is 0.514. The van der Waals surface area contributed by atoms with Crippen LogP contribution in [0.25, 0.3) is 6.08 Å². The number of aromatic carboxylic acids is 1. The van der Waals surface area contributed by atoms with Gasteiger partial charge in [-0.2, -0.15) is 0 Å². The number of para-hydroxylation sites is 1. The summed E-state index contributed by atoms with van der Waals surface area (Å²) in [6.07, 6.45) is 4.31. The highest BCUT2D eigenvalue weighted by molar-refractivity contribution is 8.19. The molecule has 2 aromatic carbocycles. The van der Waals surface area contributed by atoms with Gasteiger partial charge in [0.1, 0.15) is 4.99 Å². The molecule has 2 aromatic rings. The number of benzene rings is 2. The lowest BCUT2D eigenvalue weighted by molar-refractivity contribution is -0.116. The maximum Gasteiger partial charge on any atom is 0.337 e. The molecule has 0 saturated carbocycles. The number of amides is 2. The van der Waals surface area contributed by atoms with E-state index in [4.69, 9.17) is 12.2 Å². The summed E-state index contributed by atoms with van der Waals surface area (Å²) in [5, 5.41) is 11.8. The Morgan fingerprint density at radius 3 is 2.48 bits per heavy atom. The highest BCUT2D eigenvalue weighted by atomic mass is 32.2. The lowest BCUT2D eigenvalue weighted by Gasteiger charge is -2.14. The first kappa shape index (κ1) is 22.7. The van der Waals surface area contributed by atoms with Gasteiger partial charge in [0.25, 0.3) is 5.24 Å². The lowest BCUT2D eigenvalue weighted by Crippen LogP contribution is -2.28. The maximum atomic E-state index is 12.3. The van der Waals surface area contributed by atoms with Crippen molar-refractivity contribution < 1.29 is 19.5 Å². The van der Waals surface area contributed by atoms with E-state index in [2.05, 4.69) is 5.32 Å². The van der Waals surface area contributed by atoms with Crippen LogP contribution in [-0.2, 0) is 4.79 Å². The molecule has 0 radical (unpaired) electrons. The zero-order valence-electron chi connectivity index (χ0n) is 16.7. The van der Waals surface area contributed by atoms with Crippen LogP contribution < -0.4 is 5.32 Å². The number of rotatable bonds is 9. The Hall–Kier alpha value is -2.97. The van der Waals surface area contributed by atoms with Crippen LogP contribution in [0.15, 0.2) is 59.5 Å². The third kappa shape index (κ3) is 6.26. The summed E-state index contributed by atoms with van der Waals surface area (Å²) in [7, 11) is 0. The number of nitrogens with zero attached hydrogens (tertiary/aromatic N) is 1. The van der Waals surface area contributed by atoms with Crippen molar-refractivity contribution in [3.05, 3.63) is 70.6 Å². The Bertz CT molecular complexity index is 1020. The fourth-order valence-corrected chi connectivity index (χ4v) is 4.41. The molecule has 2 N–H and O–H groups in total. The number of carboxylic acid groups (broad SMARTS) is 1. The summed E-state index contributed by atoms with van der Waals surface area (Å²) >= 11 is 6.61. The van der Waals surface area contributed by atoms with Gasteiger partial charge in [-0.05, 0) is 48.4 Å². The molecule has 1 saturated heterocycles. The zero-order chi connectivity index (χ0) is 22.2. The summed E-state index contributed by atoms with van der Waals surface area (Å²) in [5.74, 6) is -1.31. The minimum Gasteiger partial charge on any atom is -0.478 e. The van der Waals surface area contributed by atoms with Crippen molar-refractivity contribution in [2.45, 2.75) is 25.7 Å². The standard InChI is InChI=1S/C23H22N2O4S2/c26-20(24-18-12-7-6-11-17(18)22(27)28)13-5-2-8-14-25-21(30)19(31-23(25)29)15-16-9-3-1-4-10-16/h1,3-4,6-7,9-12,15H,2,5,8,13-14H2,(H,24,26)(H,27,28)/b19-15+. The van der Waals surface area contributed by atoms with Gasteiger partial charge in [0.15, 0.2) is 0 Å². The van der Waals surface area contributed by atoms with Crippen molar-refractivity contribution in [2.24, 2.45) is 0 Å². The second kappa shape index (κ2) is 10.9. The number of thiocarbonyl (C=S) groups is 1. The zero-order valence-corrected chi connectivity index (χ0v) is 18.4. The molecule has 31 heavy (non-hydrogen) atoms. The van der Waals surface area contributed by atoms with Crippen molar-refractivity contribution in [1.29, 1.82) is 0 Å². The molecule has 0 spiro atoms. The second-order valence-corrected chi connectivity index (χ2v) is 8.33. The van der Waals surface area contributed by atoms with E-state index in [1.54, 1.807) is 23.1 Å². The number of thioether (sulfide) groups is 1. The molecular weight excluding hydrogens is 432 g/mol.